The quantitative estimate of drug-likeness (QED) is 0.674. The van der Waals surface area contributed by atoms with Crippen molar-refractivity contribution in [3.63, 3.8) is 0 Å². The van der Waals surface area contributed by atoms with Crippen molar-refractivity contribution < 1.29 is 13.2 Å². The van der Waals surface area contributed by atoms with Gasteiger partial charge in [0, 0.05) is 10.7 Å². The third kappa shape index (κ3) is 4.29. The van der Waals surface area contributed by atoms with Crippen LogP contribution in [0.4, 0.5) is 0 Å². The summed E-state index contributed by atoms with van der Waals surface area (Å²) >= 11 is 0. The summed E-state index contributed by atoms with van der Waals surface area (Å²) in [5.74, 6) is 0.230. The third-order valence-corrected chi connectivity index (χ3v) is 3.48. The van der Waals surface area contributed by atoms with E-state index >= 15 is 0 Å². The van der Waals surface area contributed by atoms with E-state index in [9.17, 15) is 8.42 Å². The zero-order chi connectivity index (χ0) is 10.1. The molecule has 0 aromatic carbocycles. The molecule has 3 nitrogen and oxygen atoms in total. The lowest BCUT2D eigenvalue weighted by Gasteiger charge is -2.31. The molecule has 0 aliphatic carbocycles. The van der Waals surface area contributed by atoms with Crippen LogP contribution in [0.5, 0.6) is 0 Å². The first kappa shape index (κ1) is 11.3. The topological polar surface area (TPSA) is 43.4 Å². The van der Waals surface area contributed by atoms with E-state index in [0.29, 0.717) is 0 Å². The van der Waals surface area contributed by atoms with Gasteiger partial charge in [-0.15, -0.1) is 0 Å². The first-order valence-electron chi connectivity index (χ1n) is 4.44. The second kappa shape index (κ2) is 4.15. The van der Waals surface area contributed by atoms with E-state index in [-0.39, 0.29) is 23.9 Å². The average molecular weight is 227 g/mol. The molecule has 3 atom stereocenters. The molecule has 0 N–H and O–H groups in total. The molecular weight excluding hydrogens is 212 g/mol. The highest BCUT2D eigenvalue weighted by Gasteiger charge is 2.27. The summed E-state index contributed by atoms with van der Waals surface area (Å²) in [4.78, 5) is 0. The molecule has 13 heavy (non-hydrogen) atoms. The van der Waals surface area contributed by atoms with Crippen LogP contribution in [0, 0.1) is 5.92 Å². The second-order valence-electron chi connectivity index (χ2n) is 3.80. The minimum Gasteiger partial charge on any atom is -0.376 e. The van der Waals surface area contributed by atoms with Crippen molar-refractivity contribution in [3.8, 4) is 0 Å². The summed E-state index contributed by atoms with van der Waals surface area (Å²) in [6.07, 6.45) is 1.87. The molecule has 1 fully saturated rings. The molecule has 0 saturated carbocycles. The van der Waals surface area contributed by atoms with Gasteiger partial charge in [0.2, 0.25) is 9.05 Å². The molecule has 78 valence electrons. The molecule has 0 bridgehead atoms. The van der Waals surface area contributed by atoms with Crippen molar-refractivity contribution in [2.24, 2.45) is 5.92 Å². The van der Waals surface area contributed by atoms with Crippen LogP contribution >= 0.6 is 10.7 Å². The van der Waals surface area contributed by atoms with Gasteiger partial charge in [-0.25, -0.2) is 8.42 Å². The van der Waals surface area contributed by atoms with Crippen LogP contribution in [-0.4, -0.2) is 26.4 Å². The standard InChI is InChI=1S/C8H15ClO3S/c1-6-3-8(4-7(2)12-6)5-13(9,10)11/h6-8H,3-5H2,1-2H3/t6-,7+,8?. The van der Waals surface area contributed by atoms with Gasteiger partial charge in [0.25, 0.3) is 0 Å². The van der Waals surface area contributed by atoms with Gasteiger partial charge in [-0.1, -0.05) is 0 Å². The van der Waals surface area contributed by atoms with Crippen LogP contribution < -0.4 is 0 Å². The lowest BCUT2D eigenvalue weighted by molar-refractivity contribution is -0.0478. The summed E-state index contributed by atoms with van der Waals surface area (Å²) < 4.78 is 27.2. The SMILES string of the molecule is C[C@@H]1CC(CS(=O)(=O)Cl)C[C@H](C)O1. The van der Waals surface area contributed by atoms with E-state index < -0.39 is 9.05 Å². The van der Waals surface area contributed by atoms with E-state index in [1.54, 1.807) is 0 Å². The van der Waals surface area contributed by atoms with Crippen molar-refractivity contribution in [3.05, 3.63) is 0 Å². The van der Waals surface area contributed by atoms with Crippen LogP contribution in [0.15, 0.2) is 0 Å². The molecule has 1 heterocycles. The molecular formula is C8H15ClO3S. The van der Waals surface area contributed by atoms with Crippen molar-refractivity contribution in [2.45, 2.75) is 38.9 Å². The Morgan fingerprint density at radius 3 is 2.15 bits per heavy atom. The van der Waals surface area contributed by atoms with Crippen LogP contribution in [0.2, 0.25) is 0 Å². The number of ether oxygens (including phenoxy) is 1. The van der Waals surface area contributed by atoms with E-state index in [2.05, 4.69) is 0 Å². The molecule has 1 rings (SSSR count). The van der Waals surface area contributed by atoms with E-state index in [0.717, 1.165) is 12.8 Å². The number of hydrogen-bond donors (Lipinski definition) is 0. The van der Waals surface area contributed by atoms with Crippen molar-refractivity contribution in [1.29, 1.82) is 0 Å². The fourth-order valence-corrected chi connectivity index (χ4v) is 3.33. The summed E-state index contributed by atoms with van der Waals surface area (Å²) in [5, 5.41) is 0. The van der Waals surface area contributed by atoms with E-state index in [1.807, 2.05) is 13.8 Å². The predicted molar refractivity (Wildman–Crippen MR) is 52.4 cm³/mol. The second-order valence-corrected chi connectivity index (χ2v) is 6.62. The molecule has 0 amide bonds. The van der Waals surface area contributed by atoms with Gasteiger partial charge in [-0.3, -0.25) is 0 Å². The molecule has 0 aromatic rings. The summed E-state index contributed by atoms with van der Waals surface area (Å²) in [6.45, 7) is 3.92. The maximum absolute atomic E-state index is 10.8. The Morgan fingerprint density at radius 1 is 1.31 bits per heavy atom. The zero-order valence-electron chi connectivity index (χ0n) is 7.86. The first-order valence-corrected chi connectivity index (χ1v) is 6.92. The molecule has 5 heteroatoms. The summed E-state index contributed by atoms with van der Waals surface area (Å²) in [6, 6.07) is 0. The molecule has 0 spiro atoms. The largest absolute Gasteiger partial charge is 0.376 e. The van der Waals surface area contributed by atoms with Gasteiger partial charge in [0.15, 0.2) is 0 Å². The Kier molecular flexibility index (Phi) is 3.60. The lowest BCUT2D eigenvalue weighted by Crippen LogP contribution is -2.32. The minimum absolute atomic E-state index is 0.0760. The summed E-state index contributed by atoms with van der Waals surface area (Å²) in [7, 11) is 1.84. The molecule has 1 unspecified atom stereocenters. The average Bonchev–Trinajstić information content (AvgIpc) is 1.78. The number of rotatable bonds is 2. The maximum atomic E-state index is 10.8. The van der Waals surface area contributed by atoms with Gasteiger partial charge in [-0.05, 0) is 32.6 Å². The molecule has 1 aliphatic heterocycles. The van der Waals surface area contributed by atoms with Crippen LogP contribution in [0.3, 0.4) is 0 Å². The van der Waals surface area contributed by atoms with Crippen LogP contribution in [-0.2, 0) is 13.8 Å². The fraction of sp³-hybridized carbons (Fsp3) is 1.00. The van der Waals surface area contributed by atoms with E-state index in [4.69, 9.17) is 15.4 Å². The molecule has 0 aromatic heterocycles. The highest BCUT2D eigenvalue weighted by Crippen LogP contribution is 2.26. The minimum atomic E-state index is -3.35. The van der Waals surface area contributed by atoms with Gasteiger partial charge in [-0.2, -0.15) is 0 Å². The highest BCUT2D eigenvalue weighted by atomic mass is 35.7. The molecule has 1 aliphatic rings. The Balaban J connectivity index is 2.51. The van der Waals surface area contributed by atoms with Gasteiger partial charge in [0.1, 0.15) is 0 Å². The smallest absolute Gasteiger partial charge is 0.232 e. The lowest BCUT2D eigenvalue weighted by atomic mass is 9.94. The number of halogens is 1. The number of hydrogen-bond acceptors (Lipinski definition) is 3. The summed E-state index contributed by atoms with van der Waals surface area (Å²) in [5.41, 5.74) is 0. The maximum Gasteiger partial charge on any atom is 0.232 e. The predicted octanol–water partition coefficient (Wildman–Crippen LogP) is 1.76. The van der Waals surface area contributed by atoms with Crippen LogP contribution in [0.1, 0.15) is 26.7 Å². The van der Waals surface area contributed by atoms with E-state index in [1.165, 1.54) is 0 Å². The third-order valence-electron chi connectivity index (χ3n) is 2.23. The molecule has 1 saturated heterocycles. The Labute approximate surface area is 83.8 Å². The Bertz CT molecular complexity index is 253. The monoisotopic (exact) mass is 226 g/mol. The Hall–Kier alpha value is 0.200. The normalized spacial score (nSPS) is 36.1. The zero-order valence-corrected chi connectivity index (χ0v) is 9.44. The van der Waals surface area contributed by atoms with Crippen molar-refractivity contribution in [2.75, 3.05) is 5.75 Å². The van der Waals surface area contributed by atoms with Gasteiger partial charge < -0.3 is 4.74 Å². The van der Waals surface area contributed by atoms with Crippen molar-refractivity contribution >= 4 is 19.7 Å². The molecule has 0 radical (unpaired) electrons. The Morgan fingerprint density at radius 2 is 1.77 bits per heavy atom. The van der Waals surface area contributed by atoms with Crippen LogP contribution in [0.25, 0.3) is 0 Å². The first-order chi connectivity index (χ1) is 5.87. The van der Waals surface area contributed by atoms with Gasteiger partial charge in [0.05, 0.1) is 18.0 Å². The highest BCUT2D eigenvalue weighted by molar-refractivity contribution is 8.13. The van der Waals surface area contributed by atoms with Crippen molar-refractivity contribution in [1.82, 2.24) is 0 Å². The fourth-order valence-electron chi connectivity index (χ4n) is 1.96. The van der Waals surface area contributed by atoms with Gasteiger partial charge >= 0.3 is 0 Å².